The van der Waals surface area contributed by atoms with E-state index in [1.807, 2.05) is 61.5 Å². The van der Waals surface area contributed by atoms with E-state index in [1.165, 1.54) is 0 Å². The van der Waals surface area contributed by atoms with Crippen molar-refractivity contribution in [2.45, 2.75) is 19.0 Å². The largest absolute Gasteiger partial charge is 0.497 e. The van der Waals surface area contributed by atoms with Gasteiger partial charge in [0.15, 0.2) is 0 Å². The summed E-state index contributed by atoms with van der Waals surface area (Å²) in [4.78, 5) is 12.2. The van der Waals surface area contributed by atoms with Crippen molar-refractivity contribution in [1.82, 2.24) is 5.32 Å². The van der Waals surface area contributed by atoms with Crippen LogP contribution in [-0.2, 0) is 4.79 Å². The molecule has 110 valence electrons. The zero-order valence-corrected chi connectivity index (χ0v) is 12.2. The molecule has 0 heterocycles. The zero-order valence-electron chi connectivity index (χ0n) is 12.2. The van der Waals surface area contributed by atoms with E-state index in [0.29, 0.717) is 0 Å². The number of methoxy groups -OCH3 is 1. The summed E-state index contributed by atoms with van der Waals surface area (Å²) < 4.78 is 5.19. The van der Waals surface area contributed by atoms with Gasteiger partial charge in [0.1, 0.15) is 11.8 Å². The Balaban J connectivity index is 2.04. The summed E-state index contributed by atoms with van der Waals surface area (Å²) in [7, 11) is 1.62. The number of nitrogens with one attached hydrogen (secondary N) is 1. The highest BCUT2D eigenvalue weighted by molar-refractivity contribution is 5.83. The molecule has 0 aromatic heterocycles. The lowest BCUT2D eigenvalue weighted by atomic mass is 10.0. The number of ether oxygens (including phenoxy) is 1. The highest BCUT2D eigenvalue weighted by Gasteiger charge is 2.18. The van der Waals surface area contributed by atoms with Gasteiger partial charge in [0.25, 0.3) is 0 Å². The van der Waals surface area contributed by atoms with Crippen molar-refractivity contribution in [2.24, 2.45) is 5.73 Å². The van der Waals surface area contributed by atoms with Gasteiger partial charge in [0, 0.05) is 0 Å². The third-order valence-electron chi connectivity index (χ3n) is 3.39. The van der Waals surface area contributed by atoms with Gasteiger partial charge in [-0.2, -0.15) is 0 Å². The highest BCUT2D eigenvalue weighted by atomic mass is 16.5. The standard InChI is InChI=1S/C17H20N2O2/c1-12(14-9-6-10-15(11-14)21-2)19-17(20)16(18)13-7-4-3-5-8-13/h3-12,16H,18H2,1-2H3,(H,19,20)/t12?,16-/m0/s1. The topological polar surface area (TPSA) is 64.3 Å². The third kappa shape index (κ3) is 3.83. The van der Waals surface area contributed by atoms with Gasteiger partial charge < -0.3 is 15.8 Å². The molecule has 0 aliphatic carbocycles. The normalized spacial score (nSPS) is 13.3. The molecule has 1 unspecified atom stereocenters. The summed E-state index contributed by atoms with van der Waals surface area (Å²) in [6.07, 6.45) is 0. The Labute approximate surface area is 124 Å². The van der Waals surface area contributed by atoms with Crippen LogP contribution >= 0.6 is 0 Å². The fourth-order valence-electron chi connectivity index (χ4n) is 2.11. The number of carbonyl (C=O) groups is 1. The van der Waals surface area contributed by atoms with Crippen LogP contribution in [0.2, 0.25) is 0 Å². The van der Waals surface area contributed by atoms with Crippen LogP contribution in [0.15, 0.2) is 54.6 Å². The fourth-order valence-corrected chi connectivity index (χ4v) is 2.11. The molecular weight excluding hydrogens is 264 g/mol. The fraction of sp³-hybridized carbons (Fsp3) is 0.235. The quantitative estimate of drug-likeness (QED) is 0.887. The molecular formula is C17H20N2O2. The first-order chi connectivity index (χ1) is 10.1. The average Bonchev–Trinajstić information content (AvgIpc) is 2.54. The van der Waals surface area contributed by atoms with Gasteiger partial charge in [0.05, 0.1) is 13.2 Å². The molecule has 2 rings (SSSR count). The minimum atomic E-state index is -0.667. The Morgan fingerprint density at radius 3 is 2.43 bits per heavy atom. The highest BCUT2D eigenvalue weighted by Crippen LogP contribution is 2.19. The molecule has 2 aromatic rings. The minimum Gasteiger partial charge on any atom is -0.497 e. The molecule has 21 heavy (non-hydrogen) atoms. The third-order valence-corrected chi connectivity index (χ3v) is 3.39. The number of hydrogen-bond donors (Lipinski definition) is 2. The first-order valence-corrected chi connectivity index (χ1v) is 6.86. The maximum Gasteiger partial charge on any atom is 0.241 e. The average molecular weight is 284 g/mol. The summed E-state index contributed by atoms with van der Waals surface area (Å²) in [6, 6.07) is 16.1. The molecule has 1 amide bonds. The summed E-state index contributed by atoms with van der Waals surface area (Å²) in [6.45, 7) is 1.92. The van der Waals surface area contributed by atoms with Gasteiger partial charge in [-0.15, -0.1) is 0 Å². The predicted octanol–water partition coefficient (Wildman–Crippen LogP) is 2.57. The van der Waals surface area contributed by atoms with Crippen molar-refractivity contribution in [1.29, 1.82) is 0 Å². The monoisotopic (exact) mass is 284 g/mol. The number of nitrogens with two attached hydrogens (primary N) is 1. The Kier molecular flexibility index (Phi) is 4.95. The summed E-state index contributed by atoms with van der Waals surface area (Å²) in [5.74, 6) is 0.567. The SMILES string of the molecule is COc1cccc(C(C)NC(=O)[C@@H](N)c2ccccc2)c1. The van der Waals surface area contributed by atoms with Gasteiger partial charge in [-0.05, 0) is 30.2 Å². The lowest BCUT2D eigenvalue weighted by molar-refractivity contribution is -0.123. The zero-order chi connectivity index (χ0) is 15.2. The van der Waals surface area contributed by atoms with Gasteiger partial charge in [-0.25, -0.2) is 0 Å². The number of rotatable bonds is 5. The van der Waals surface area contributed by atoms with E-state index >= 15 is 0 Å². The second-order valence-electron chi connectivity index (χ2n) is 4.90. The Morgan fingerprint density at radius 2 is 1.76 bits per heavy atom. The summed E-state index contributed by atoms with van der Waals surface area (Å²) in [5.41, 5.74) is 7.76. The molecule has 4 heteroatoms. The van der Waals surface area contributed by atoms with E-state index in [0.717, 1.165) is 16.9 Å². The van der Waals surface area contributed by atoms with E-state index in [-0.39, 0.29) is 11.9 Å². The van der Waals surface area contributed by atoms with Crippen LogP contribution < -0.4 is 15.8 Å². The first-order valence-electron chi connectivity index (χ1n) is 6.86. The van der Waals surface area contributed by atoms with Gasteiger partial charge in [-0.3, -0.25) is 4.79 Å². The van der Waals surface area contributed by atoms with Crippen LogP contribution in [0.3, 0.4) is 0 Å². The maximum atomic E-state index is 12.2. The molecule has 4 nitrogen and oxygen atoms in total. The van der Waals surface area contributed by atoms with Crippen LogP contribution in [0.5, 0.6) is 5.75 Å². The molecule has 0 radical (unpaired) electrons. The van der Waals surface area contributed by atoms with Gasteiger partial charge in [-0.1, -0.05) is 42.5 Å². The van der Waals surface area contributed by atoms with Crippen molar-refractivity contribution in [3.8, 4) is 5.75 Å². The first kappa shape index (κ1) is 15.1. The molecule has 2 atom stereocenters. The second-order valence-corrected chi connectivity index (χ2v) is 4.90. The van der Waals surface area contributed by atoms with Crippen LogP contribution in [0.25, 0.3) is 0 Å². The molecule has 0 bridgehead atoms. The summed E-state index contributed by atoms with van der Waals surface area (Å²) in [5, 5.41) is 2.93. The van der Waals surface area contributed by atoms with Crippen LogP contribution in [0.4, 0.5) is 0 Å². The number of amides is 1. The lowest BCUT2D eigenvalue weighted by Gasteiger charge is -2.18. The van der Waals surface area contributed by atoms with Crippen LogP contribution in [0, 0.1) is 0 Å². The minimum absolute atomic E-state index is 0.137. The molecule has 3 N–H and O–H groups in total. The van der Waals surface area contributed by atoms with Gasteiger partial charge in [0.2, 0.25) is 5.91 Å². The lowest BCUT2D eigenvalue weighted by Crippen LogP contribution is -2.35. The Morgan fingerprint density at radius 1 is 1.10 bits per heavy atom. The number of carbonyl (C=O) groups excluding carboxylic acids is 1. The number of hydrogen-bond acceptors (Lipinski definition) is 3. The molecule has 2 aromatic carbocycles. The van der Waals surface area contributed by atoms with Crippen molar-refractivity contribution in [3.05, 3.63) is 65.7 Å². The van der Waals surface area contributed by atoms with E-state index < -0.39 is 6.04 Å². The predicted molar refractivity (Wildman–Crippen MR) is 82.9 cm³/mol. The van der Waals surface area contributed by atoms with E-state index in [2.05, 4.69) is 5.32 Å². The van der Waals surface area contributed by atoms with Crippen molar-refractivity contribution >= 4 is 5.91 Å². The molecule has 0 fully saturated rings. The molecule has 0 spiro atoms. The molecule has 0 saturated carbocycles. The molecule has 0 saturated heterocycles. The van der Waals surface area contributed by atoms with Crippen molar-refractivity contribution in [3.63, 3.8) is 0 Å². The van der Waals surface area contributed by atoms with E-state index in [1.54, 1.807) is 7.11 Å². The molecule has 0 aliphatic heterocycles. The maximum absolute atomic E-state index is 12.2. The van der Waals surface area contributed by atoms with Crippen molar-refractivity contribution < 1.29 is 9.53 Å². The second kappa shape index (κ2) is 6.90. The Hall–Kier alpha value is -2.33. The van der Waals surface area contributed by atoms with E-state index in [4.69, 9.17) is 10.5 Å². The summed E-state index contributed by atoms with van der Waals surface area (Å²) >= 11 is 0. The number of benzene rings is 2. The van der Waals surface area contributed by atoms with Crippen LogP contribution in [-0.4, -0.2) is 13.0 Å². The Bertz CT molecular complexity index is 599. The van der Waals surface area contributed by atoms with Crippen molar-refractivity contribution in [2.75, 3.05) is 7.11 Å². The smallest absolute Gasteiger partial charge is 0.241 e. The van der Waals surface area contributed by atoms with E-state index in [9.17, 15) is 4.79 Å². The molecule has 0 aliphatic rings. The van der Waals surface area contributed by atoms with Crippen LogP contribution in [0.1, 0.15) is 30.1 Å². The van der Waals surface area contributed by atoms with Gasteiger partial charge >= 0.3 is 0 Å².